The van der Waals surface area contributed by atoms with Gasteiger partial charge in [-0.3, -0.25) is 4.90 Å². The van der Waals surface area contributed by atoms with Gasteiger partial charge in [-0.25, -0.2) is 19.2 Å². The highest BCUT2D eigenvalue weighted by atomic mass is 32.2. The number of methoxy groups -OCH3 is 1. The molecule has 1 aromatic carbocycles. The van der Waals surface area contributed by atoms with Crippen molar-refractivity contribution in [1.29, 1.82) is 0 Å². The number of fused-ring (bicyclic) bond motifs is 3. The number of piperidine rings is 1. The van der Waals surface area contributed by atoms with Gasteiger partial charge in [0.15, 0.2) is 16.7 Å². The Balaban J connectivity index is 1.11. The number of benzene rings is 1. The van der Waals surface area contributed by atoms with Crippen LogP contribution in [-0.4, -0.2) is 65.8 Å². The zero-order valence-electron chi connectivity index (χ0n) is 22.2. The number of H-pyrrole nitrogens is 1. The fourth-order valence-corrected chi connectivity index (χ4v) is 7.58. The highest BCUT2D eigenvalue weighted by Gasteiger charge is 2.38. The van der Waals surface area contributed by atoms with Crippen molar-refractivity contribution < 1.29 is 18.2 Å². The van der Waals surface area contributed by atoms with Crippen LogP contribution in [0.4, 0.5) is 0 Å². The lowest BCUT2D eigenvalue weighted by Crippen LogP contribution is -2.49. The molecule has 0 spiro atoms. The van der Waals surface area contributed by atoms with Crippen LogP contribution in [0.3, 0.4) is 0 Å². The van der Waals surface area contributed by atoms with Gasteiger partial charge >= 0.3 is 0 Å². The van der Waals surface area contributed by atoms with Gasteiger partial charge in [-0.15, -0.1) is 0 Å². The van der Waals surface area contributed by atoms with Crippen LogP contribution >= 0.6 is 0 Å². The van der Waals surface area contributed by atoms with Gasteiger partial charge in [-0.1, -0.05) is 0 Å². The number of ether oxygens (including phenoxy) is 2. The number of pyridine rings is 1. The number of nitrogens with one attached hydrogen (secondary N) is 1. The Morgan fingerprint density at radius 3 is 2.64 bits per heavy atom. The Hall–Kier alpha value is -3.08. The number of likely N-dealkylation sites (tertiary alicyclic amines) is 1. The Bertz CT molecular complexity index is 1440. The second-order valence-corrected chi connectivity index (χ2v) is 11.8. The van der Waals surface area contributed by atoms with E-state index in [0.29, 0.717) is 18.4 Å². The molecule has 1 aliphatic carbocycles. The van der Waals surface area contributed by atoms with E-state index in [9.17, 15) is 8.76 Å². The molecule has 2 fully saturated rings. The third-order valence-electron chi connectivity index (χ3n) is 8.45. The highest BCUT2D eigenvalue weighted by Crippen LogP contribution is 2.41. The predicted molar refractivity (Wildman–Crippen MR) is 151 cm³/mol. The van der Waals surface area contributed by atoms with Gasteiger partial charge in [0.1, 0.15) is 16.9 Å². The first-order valence-corrected chi connectivity index (χ1v) is 14.9. The second-order valence-electron chi connectivity index (χ2n) is 10.8. The summed E-state index contributed by atoms with van der Waals surface area (Å²) in [5, 5.41) is 1.78. The summed E-state index contributed by atoms with van der Waals surface area (Å²) in [6.07, 6.45) is 11.2. The van der Waals surface area contributed by atoms with Gasteiger partial charge in [0.2, 0.25) is 0 Å². The number of hydrogen-bond acceptors (Lipinski definition) is 7. The van der Waals surface area contributed by atoms with E-state index in [1.807, 2.05) is 30.3 Å². The number of aromatic nitrogens is 4. The summed E-state index contributed by atoms with van der Waals surface area (Å²) in [5.74, 6) is 2.47. The SMILES string of the molecule is COc1ccc(OCC2CCCN(C(C3CCC(c4[nH]cnc5cnc6nccc6c45)CC3)S(=O)O)C2)cc1. The van der Waals surface area contributed by atoms with Crippen molar-refractivity contribution in [2.24, 2.45) is 11.8 Å². The summed E-state index contributed by atoms with van der Waals surface area (Å²) >= 11 is -1.91. The van der Waals surface area contributed by atoms with Gasteiger partial charge in [0.25, 0.3) is 0 Å². The first-order chi connectivity index (χ1) is 19.1. The summed E-state index contributed by atoms with van der Waals surface area (Å²) in [7, 11) is 1.65. The summed E-state index contributed by atoms with van der Waals surface area (Å²) < 4.78 is 34.4. The van der Waals surface area contributed by atoms with Gasteiger partial charge in [0.05, 0.1) is 31.8 Å². The van der Waals surface area contributed by atoms with Crippen LogP contribution in [-0.2, 0) is 11.1 Å². The van der Waals surface area contributed by atoms with E-state index in [1.165, 1.54) is 5.69 Å². The molecular formula is C29H35N5O4S. The fourth-order valence-electron chi connectivity index (χ4n) is 6.53. The molecule has 2 N–H and O–H groups in total. The molecule has 9 nitrogen and oxygen atoms in total. The van der Waals surface area contributed by atoms with Crippen LogP contribution in [0, 0.1) is 11.8 Å². The molecule has 2 aliphatic rings. The Morgan fingerprint density at radius 1 is 1.08 bits per heavy atom. The lowest BCUT2D eigenvalue weighted by Gasteiger charge is -2.42. The normalized spacial score (nSPS) is 24.0. The predicted octanol–water partition coefficient (Wildman–Crippen LogP) is 5.13. The minimum absolute atomic E-state index is 0.184. The van der Waals surface area contributed by atoms with Crippen LogP contribution < -0.4 is 9.47 Å². The molecule has 39 heavy (non-hydrogen) atoms. The summed E-state index contributed by atoms with van der Waals surface area (Å²) in [5.41, 5.74) is 2.79. The zero-order chi connectivity index (χ0) is 26.8. The Labute approximate surface area is 230 Å². The molecule has 3 aromatic heterocycles. The molecule has 206 valence electrons. The molecule has 0 radical (unpaired) electrons. The van der Waals surface area contributed by atoms with E-state index in [1.54, 1.807) is 25.8 Å². The summed E-state index contributed by atoms with van der Waals surface area (Å²) in [6.45, 7) is 2.24. The van der Waals surface area contributed by atoms with Crippen molar-refractivity contribution in [2.45, 2.75) is 49.8 Å². The molecule has 1 saturated heterocycles. The van der Waals surface area contributed by atoms with Crippen LogP contribution in [0.1, 0.15) is 50.1 Å². The van der Waals surface area contributed by atoms with E-state index in [0.717, 1.165) is 85.0 Å². The number of aromatic amines is 1. The van der Waals surface area contributed by atoms with Crippen molar-refractivity contribution in [3.05, 3.63) is 54.7 Å². The maximum atomic E-state index is 12.7. The summed E-state index contributed by atoms with van der Waals surface area (Å²) in [6, 6.07) is 9.63. The van der Waals surface area contributed by atoms with Crippen molar-refractivity contribution in [3.63, 3.8) is 0 Å². The second kappa shape index (κ2) is 11.6. The maximum absolute atomic E-state index is 12.7. The maximum Gasteiger partial charge on any atom is 0.171 e. The molecule has 1 aliphatic heterocycles. The van der Waals surface area contributed by atoms with E-state index < -0.39 is 11.1 Å². The molecule has 3 unspecified atom stereocenters. The van der Waals surface area contributed by atoms with Gasteiger partial charge < -0.3 is 19.0 Å². The fraction of sp³-hybridized carbons (Fsp3) is 0.483. The summed E-state index contributed by atoms with van der Waals surface area (Å²) in [4.78, 5) is 19.0. The van der Waals surface area contributed by atoms with Crippen LogP contribution in [0.5, 0.6) is 11.5 Å². The smallest absolute Gasteiger partial charge is 0.171 e. The Kier molecular flexibility index (Phi) is 7.76. The van der Waals surface area contributed by atoms with E-state index >= 15 is 0 Å². The first-order valence-electron chi connectivity index (χ1n) is 13.8. The topological polar surface area (TPSA) is 113 Å². The highest BCUT2D eigenvalue weighted by molar-refractivity contribution is 7.79. The van der Waals surface area contributed by atoms with E-state index in [-0.39, 0.29) is 11.3 Å². The molecule has 4 aromatic rings. The van der Waals surface area contributed by atoms with Crippen LogP contribution in [0.15, 0.2) is 49.1 Å². The van der Waals surface area contributed by atoms with Crippen molar-refractivity contribution in [2.75, 3.05) is 26.8 Å². The lowest BCUT2D eigenvalue weighted by molar-refractivity contribution is 0.0878. The molecular weight excluding hydrogens is 514 g/mol. The molecule has 6 rings (SSSR count). The minimum Gasteiger partial charge on any atom is -0.497 e. The molecule has 3 atom stereocenters. The molecule has 4 heterocycles. The Morgan fingerprint density at radius 2 is 1.87 bits per heavy atom. The largest absolute Gasteiger partial charge is 0.497 e. The standard InChI is InChI=1S/C29H35N5O4S/c1-37-22-8-10-23(11-9-22)38-17-19-3-2-14-34(16-19)29(39(35)36)21-6-4-20(5-7-21)27-26-24-12-13-30-28(24)31-15-25(26)32-18-33-27/h8-13,15,18-21,29H,2-7,14,16-17H2,1H3,(H,32,33)(H,35,36). The van der Waals surface area contributed by atoms with Crippen molar-refractivity contribution >= 4 is 33.0 Å². The first kappa shape index (κ1) is 26.2. The average molecular weight is 550 g/mol. The quantitative estimate of drug-likeness (QED) is 0.291. The molecule has 0 amide bonds. The molecule has 0 bridgehead atoms. The third-order valence-corrected chi connectivity index (χ3v) is 9.55. The monoisotopic (exact) mass is 549 g/mol. The number of hydrogen-bond donors (Lipinski definition) is 2. The number of rotatable bonds is 8. The lowest BCUT2D eigenvalue weighted by atomic mass is 9.79. The average Bonchev–Trinajstić information content (AvgIpc) is 3.46. The molecule has 10 heteroatoms. The van der Waals surface area contributed by atoms with Crippen molar-refractivity contribution in [3.8, 4) is 11.5 Å². The minimum atomic E-state index is -1.91. The molecule has 1 saturated carbocycles. The van der Waals surface area contributed by atoms with Gasteiger partial charge in [-0.05, 0) is 87.2 Å². The van der Waals surface area contributed by atoms with Crippen LogP contribution in [0.25, 0.3) is 21.9 Å². The third kappa shape index (κ3) is 5.50. The van der Waals surface area contributed by atoms with E-state index in [4.69, 9.17) is 9.47 Å². The zero-order valence-corrected chi connectivity index (χ0v) is 23.0. The van der Waals surface area contributed by atoms with Gasteiger partial charge in [-0.2, -0.15) is 0 Å². The number of nitrogens with zero attached hydrogens (tertiary/aromatic N) is 4. The van der Waals surface area contributed by atoms with Crippen LogP contribution in [0.2, 0.25) is 0 Å². The van der Waals surface area contributed by atoms with Crippen molar-refractivity contribution in [1.82, 2.24) is 24.8 Å². The van der Waals surface area contributed by atoms with Gasteiger partial charge in [0, 0.05) is 35.1 Å². The van der Waals surface area contributed by atoms with E-state index in [2.05, 4.69) is 24.8 Å².